The predicted octanol–water partition coefficient (Wildman–Crippen LogP) is 3.64. The molecule has 1 aliphatic rings. The van der Waals surface area contributed by atoms with Crippen molar-refractivity contribution in [2.75, 3.05) is 5.32 Å². The topological polar surface area (TPSA) is 29.1 Å². The number of ketones is 1. The molecule has 1 aromatic rings. The number of carbonyl (C=O) groups is 1. The molecule has 0 aliphatic heterocycles. The minimum absolute atomic E-state index is 0.157. The molecule has 0 radical (unpaired) electrons. The summed E-state index contributed by atoms with van der Waals surface area (Å²) >= 11 is 3.19. The van der Waals surface area contributed by atoms with Crippen molar-refractivity contribution in [3.63, 3.8) is 0 Å². The molecule has 0 amide bonds. The van der Waals surface area contributed by atoms with Gasteiger partial charge in [0.1, 0.15) is 5.82 Å². The number of hydrogen-bond acceptors (Lipinski definition) is 2. The van der Waals surface area contributed by atoms with E-state index in [9.17, 15) is 9.18 Å². The van der Waals surface area contributed by atoms with Crippen molar-refractivity contribution in [2.45, 2.75) is 19.3 Å². The average molecular weight is 284 g/mol. The van der Waals surface area contributed by atoms with Crippen LogP contribution in [-0.4, -0.2) is 5.78 Å². The first kappa shape index (κ1) is 11.3. The molecule has 1 fully saturated rings. The van der Waals surface area contributed by atoms with E-state index in [1.807, 2.05) is 0 Å². The second-order valence-corrected chi connectivity index (χ2v) is 4.63. The highest BCUT2D eigenvalue weighted by Crippen LogP contribution is 2.22. The van der Waals surface area contributed by atoms with Crippen molar-refractivity contribution >= 4 is 27.4 Å². The summed E-state index contributed by atoms with van der Waals surface area (Å²) in [5.41, 5.74) is 1.14. The molecule has 0 heterocycles. The number of carbonyl (C=O) groups excluding carboxylic acids is 1. The molecule has 2 nitrogen and oxygen atoms in total. The van der Waals surface area contributed by atoms with Gasteiger partial charge in [0.2, 0.25) is 0 Å². The fourth-order valence-electron chi connectivity index (χ4n) is 1.66. The third kappa shape index (κ3) is 2.50. The maximum Gasteiger partial charge on any atom is 0.160 e. The molecule has 0 spiro atoms. The molecule has 1 N–H and O–H groups in total. The molecule has 4 heteroatoms. The zero-order valence-corrected chi connectivity index (χ0v) is 10.2. The van der Waals surface area contributed by atoms with E-state index in [0.29, 0.717) is 16.6 Å². The highest BCUT2D eigenvalue weighted by atomic mass is 79.9. The zero-order valence-electron chi connectivity index (χ0n) is 8.59. The van der Waals surface area contributed by atoms with E-state index in [0.717, 1.165) is 18.4 Å². The van der Waals surface area contributed by atoms with E-state index in [4.69, 9.17) is 0 Å². The Kier molecular flexibility index (Phi) is 3.39. The van der Waals surface area contributed by atoms with Crippen LogP contribution < -0.4 is 5.32 Å². The number of rotatable bonds is 2. The lowest BCUT2D eigenvalue weighted by molar-refractivity contribution is -0.114. The smallest absolute Gasteiger partial charge is 0.160 e. The van der Waals surface area contributed by atoms with Crippen LogP contribution in [0.3, 0.4) is 0 Å². The first-order valence-electron chi connectivity index (χ1n) is 5.10. The second-order valence-electron chi connectivity index (χ2n) is 3.71. The Morgan fingerprint density at radius 1 is 1.38 bits per heavy atom. The molecular formula is C12H11BrFNO. The number of nitrogens with one attached hydrogen (secondary N) is 1. The van der Waals surface area contributed by atoms with Crippen molar-refractivity contribution < 1.29 is 9.18 Å². The van der Waals surface area contributed by atoms with Crippen molar-refractivity contribution in [1.82, 2.24) is 0 Å². The van der Waals surface area contributed by atoms with Crippen LogP contribution in [0.5, 0.6) is 0 Å². The van der Waals surface area contributed by atoms with Crippen molar-refractivity contribution in [1.29, 1.82) is 0 Å². The third-order valence-electron chi connectivity index (χ3n) is 2.54. The summed E-state index contributed by atoms with van der Waals surface area (Å²) in [6.07, 6.45) is 3.90. The summed E-state index contributed by atoms with van der Waals surface area (Å²) in [5.74, 6) is -0.179. The molecule has 0 atom stereocenters. The number of halogens is 2. The van der Waals surface area contributed by atoms with Crippen LogP contribution in [-0.2, 0) is 4.79 Å². The number of Topliss-reactive ketones (excluding diaryl/α,β-unsaturated/α-hetero) is 1. The molecule has 0 aromatic heterocycles. The van der Waals surface area contributed by atoms with Crippen molar-refractivity contribution in [3.8, 4) is 0 Å². The molecule has 84 valence electrons. The lowest BCUT2D eigenvalue weighted by Crippen LogP contribution is -1.98. The van der Waals surface area contributed by atoms with Gasteiger partial charge in [0.25, 0.3) is 0 Å². The van der Waals surface area contributed by atoms with Gasteiger partial charge in [-0.2, -0.15) is 0 Å². The quantitative estimate of drug-likeness (QED) is 0.840. The minimum Gasteiger partial charge on any atom is -0.359 e. The van der Waals surface area contributed by atoms with E-state index < -0.39 is 0 Å². The van der Waals surface area contributed by atoms with Crippen molar-refractivity contribution in [3.05, 3.63) is 40.3 Å². The van der Waals surface area contributed by atoms with E-state index in [1.165, 1.54) is 6.07 Å². The van der Waals surface area contributed by atoms with Gasteiger partial charge < -0.3 is 5.32 Å². The zero-order chi connectivity index (χ0) is 11.5. The molecule has 1 aromatic carbocycles. The van der Waals surface area contributed by atoms with Crippen LogP contribution in [0, 0.1) is 5.82 Å². The lowest BCUT2D eigenvalue weighted by Gasteiger charge is -2.04. The maximum absolute atomic E-state index is 13.4. The van der Waals surface area contributed by atoms with Gasteiger partial charge in [-0.15, -0.1) is 0 Å². The Bertz CT molecular complexity index is 456. The van der Waals surface area contributed by atoms with Gasteiger partial charge in [-0.1, -0.05) is 15.9 Å². The van der Waals surface area contributed by atoms with Gasteiger partial charge in [0.05, 0.1) is 5.69 Å². The second kappa shape index (κ2) is 4.78. The Hall–Kier alpha value is -1.16. The standard InChI is InChI=1S/C12H11BrFNO/c13-9-4-5-11(10(14)6-9)15-7-8-2-1-3-12(8)16/h4-7,15H,1-3H2/b8-7-. The van der Waals surface area contributed by atoms with E-state index in [-0.39, 0.29) is 11.6 Å². The molecule has 1 saturated carbocycles. The maximum atomic E-state index is 13.4. The lowest BCUT2D eigenvalue weighted by atomic mass is 10.2. The number of hydrogen-bond donors (Lipinski definition) is 1. The third-order valence-corrected chi connectivity index (χ3v) is 3.03. The van der Waals surface area contributed by atoms with Gasteiger partial charge in [-0.3, -0.25) is 4.79 Å². The first-order chi connectivity index (χ1) is 7.66. The highest BCUT2D eigenvalue weighted by Gasteiger charge is 2.16. The van der Waals surface area contributed by atoms with Crippen LogP contribution in [0.1, 0.15) is 19.3 Å². The van der Waals surface area contributed by atoms with Gasteiger partial charge >= 0.3 is 0 Å². The largest absolute Gasteiger partial charge is 0.359 e. The fraction of sp³-hybridized carbons (Fsp3) is 0.250. The summed E-state index contributed by atoms with van der Waals surface area (Å²) in [7, 11) is 0. The average Bonchev–Trinajstić information content (AvgIpc) is 2.63. The van der Waals surface area contributed by atoms with Gasteiger partial charge in [-0.25, -0.2) is 4.39 Å². The molecule has 16 heavy (non-hydrogen) atoms. The van der Waals surface area contributed by atoms with E-state index in [1.54, 1.807) is 18.3 Å². The van der Waals surface area contributed by atoms with Gasteiger partial charge in [-0.05, 0) is 31.0 Å². The van der Waals surface area contributed by atoms with Crippen molar-refractivity contribution in [2.24, 2.45) is 0 Å². The number of allylic oxidation sites excluding steroid dienone is 1. The Morgan fingerprint density at radius 3 is 2.81 bits per heavy atom. The van der Waals surface area contributed by atoms with Crippen LogP contribution in [0.4, 0.5) is 10.1 Å². The summed E-state index contributed by atoms with van der Waals surface area (Å²) in [5, 5.41) is 2.83. The molecule has 2 rings (SSSR count). The SMILES string of the molecule is O=C1CCC/C1=C/Nc1ccc(Br)cc1F. The van der Waals surface area contributed by atoms with Crippen LogP contribution >= 0.6 is 15.9 Å². The van der Waals surface area contributed by atoms with Crippen LogP contribution in [0.2, 0.25) is 0 Å². The number of anilines is 1. The first-order valence-corrected chi connectivity index (χ1v) is 5.90. The highest BCUT2D eigenvalue weighted by molar-refractivity contribution is 9.10. The van der Waals surface area contributed by atoms with Crippen LogP contribution in [0.15, 0.2) is 34.4 Å². The minimum atomic E-state index is -0.336. The molecule has 0 unspecified atom stereocenters. The fourth-order valence-corrected chi connectivity index (χ4v) is 2.00. The number of benzene rings is 1. The summed E-state index contributed by atoms with van der Waals surface area (Å²) in [6, 6.07) is 4.77. The van der Waals surface area contributed by atoms with Crippen LogP contribution in [0.25, 0.3) is 0 Å². The molecule has 1 aliphatic carbocycles. The summed E-state index contributed by atoms with van der Waals surface area (Å²) < 4.78 is 14.1. The normalized spacial score (nSPS) is 18.1. The Morgan fingerprint density at radius 2 is 2.19 bits per heavy atom. The van der Waals surface area contributed by atoms with E-state index >= 15 is 0 Å². The summed E-state index contributed by atoms with van der Waals surface area (Å²) in [4.78, 5) is 11.3. The predicted molar refractivity (Wildman–Crippen MR) is 64.7 cm³/mol. The Balaban J connectivity index is 2.12. The molecular weight excluding hydrogens is 273 g/mol. The van der Waals surface area contributed by atoms with Gasteiger partial charge in [0.15, 0.2) is 5.78 Å². The van der Waals surface area contributed by atoms with Gasteiger partial charge in [0, 0.05) is 22.7 Å². The molecule has 0 bridgehead atoms. The molecule has 0 saturated heterocycles. The monoisotopic (exact) mass is 283 g/mol. The summed E-state index contributed by atoms with van der Waals surface area (Å²) in [6.45, 7) is 0. The van der Waals surface area contributed by atoms with E-state index in [2.05, 4.69) is 21.2 Å². The Labute approximate surface area is 102 Å².